The summed E-state index contributed by atoms with van der Waals surface area (Å²) in [5.41, 5.74) is 8.00. The van der Waals surface area contributed by atoms with Crippen LogP contribution in [-0.2, 0) is 0 Å². The lowest BCUT2D eigenvalue weighted by Crippen LogP contribution is -2.26. The van der Waals surface area contributed by atoms with Gasteiger partial charge in [0.2, 0.25) is 0 Å². The van der Waals surface area contributed by atoms with Gasteiger partial charge < -0.3 is 10.6 Å². The molecule has 4 heteroatoms. The molecule has 2 aromatic rings. The number of pyridine rings is 1. The van der Waals surface area contributed by atoms with Gasteiger partial charge in [-0.3, -0.25) is 0 Å². The number of unbranched alkanes of at least 4 members (excludes halogenated alkanes) is 1. The van der Waals surface area contributed by atoms with Crippen LogP contribution in [0, 0.1) is 0 Å². The lowest BCUT2D eigenvalue weighted by molar-refractivity contribution is 0.693. The number of hydrogen-bond acceptors (Lipinski definition) is 3. The molecular formula is C14H22N4. The molecule has 2 rings (SSSR count). The number of nitrogens with zero attached hydrogens (tertiary/aromatic N) is 3. The SMILES string of the molecule is CCCCN(CCC)c1nn2ccccc2c1N. The lowest BCUT2D eigenvalue weighted by Gasteiger charge is -2.21. The van der Waals surface area contributed by atoms with Crippen LogP contribution >= 0.6 is 0 Å². The molecule has 2 aromatic heterocycles. The second-order valence-corrected chi connectivity index (χ2v) is 4.61. The molecule has 2 N–H and O–H groups in total. The Balaban J connectivity index is 2.34. The molecule has 2 heterocycles. The largest absolute Gasteiger partial charge is 0.394 e. The molecule has 0 fully saturated rings. The maximum absolute atomic E-state index is 6.22. The molecule has 0 aliphatic carbocycles. The highest BCUT2D eigenvalue weighted by atomic mass is 15.3. The molecule has 4 nitrogen and oxygen atoms in total. The molecule has 0 aliphatic heterocycles. The second-order valence-electron chi connectivity index (χ2n) is 4.61. The molecule has 0 bridgehead atoms. The summed E-state index contributed by atoms with van der Waals surface area (Å²) in [6.07, 6.45) is 5.41. The van der Waals surface area contributed by atoms with E-state index in [9.17, 15) is 0 Å². The third kappa shape index (κ3) is 2.42. The first-order valence-electron chi connectivity index (χ1n) is 6.75. The normalized spacial score (nSPS) is 11.0. The van der Waals surface area contributed by atoms with Crippen molar-refractivity contribution in [2.45, 2.75) is 33.1 Å². The van der Waals surface area contributed by atoms with Gasteiger partial charge in [-0.15, -0.1) is 5.10 Å². The van der Waals surface area contributed by atoms with Crippen LogP contribution in [0.3, 0.4) is 0 Å². The van der Waals surface area contributed by atoms with Crippen LogP contribution in [0.4, 0.5) is 11.5 Å². The summed E-state index contributed by atoms with van der Waals surface area (Å²) in [4.78, 5) is 2.30. The Morgan fingerprint density at radius 3 is 2.72 bits per heavy atom. The first-order valence-corrected chi connectivity index (χ1v) is 6.75. The minimum atomic E-state index is 0.792. The Bertz CT molecular complexity index is 503. The minimum absolute atomic E-state index is 0.792. The van der Waals surface area contributed by atoms with Gasteiger partial charge in [-0.2, -0.15) is 0 Å². The van der Waals surface area contributed by atoms with E-state index < -0.39 is 0 Å². The molecule has 0 aliphatic rings. The van der Waals surface area contributed by atoms with E-state index in [1.54, 1.807) is 0 Å². The summed E-state index contributed by atoms with van der Waals surface area (Å²) in [5, 5.41) is 4.60. The first kappa shape index (κ1) is 12.7. The average molecular weight is 246 g/mol. The van der Waals surface area contributed by atoms with Crippen LogP contribution in [0.1, 0.15) is 33.1 Å². The van der Waals surface area contributed by atoms with E-state index in [-0.39, 0.29) is 0 Å². The van der Waals surface area contributed by atoms with Crippen LogP contribution in [0.25, 0.3) is 5.52 Å². The summed E-state index contributed by atoms with van der Waals surface area (Å²) in [7, 11) is 0. The molecular weight excluding hydrogens is 224 g/mol. The van der Waals surface area contributed by atoms with Gasteiger partial charge >= 0.3 is 0 Å². The van der Waals surface area contributed by atoms with Crippen molar-refractivity contribution in [1.29, 1.82) is 0 Å². The number of aromatic nitrogens is 2. The average Bonchev–Trinajstić information content (AvgIpc) is 2.73. The zero-order chi connectivity index (χ0) is 13.0. The van der Waals surface area contributed by atoms with E-state index in [4.69, 9.17) is 5.73 Å². The highest BCUT2D eigenvalue weighted by molar-refractivity contribution is 5.81. The Kier molecular flexibility index (Phi) is 4.07. The van der Waals surface area contributed by atoms with Gasteiger partial charge in [-0.1, -0.05) is 26.3 Å². The number of hydrogen-bond donors (Lipinski definition) is 1. The summed E-state index contributed by atoms with van der Waals surface area (Å²) in [6.45, 7) is 6.43. The summed E-state index contributed by atoms with van der Waals surface area (Å²) in [6, 6.07) is 5.97. The fourth-order valence-corrected chi connectivity index (χ4v) is 2.18. The predicted octanol–water partition coefficient (Wildman–Crippen LogP) is 2.93. The van der Waals surface area contributed by atoms with Crippen molar-refractivity contribution >= 4 is 17.0 Å². The summed E-state index contributed by atoms with van der Waals surface area (Å²) >= 11 is 0. The molecule has 98 valence electrons. The van der Waals surface area contributed by atoms with Gasteiger partial charge in [-0.25, -0.2) is 4.52 Å². The Labute approximate surface area is 108 Å². The van der Waals surface area contributed by atoms with Crippen molar-refractivity contribution in [3.63, 3.8) is 0 Å². The van der Waals surface area contributed by atoms with E-state index in [0.717, 1.165) is 36.5 Å². The van der Waals surface area contributed by atoms with Gasteiger partial charge in [0.1, 0.15) is 5.69 Å². The fraction of sp³-hybridized carbons (Fsp3) is 0.500. The van der Waals surface area contributed by atoms with Crippen molar-refractivity contribution in [2.75, 3.05) is 23.7 Å². The van der Waals surface area contributed by atoms with Crippen LogP contribution in [0.5, 0.6) is 0 Å². The summed E-state index contributed by atoms with van der Waals surface area (Å²) in [5.74, 6) is 0.927. The van der Waals surface area contributed by atoms with Crippen LogP contribution in [0.2, 0.25) is 0 Å². The number of anilines is 2. The highest BCUT2D eigenvalue weighted by Gasteiger charge is 2.15. The third-order valence-corrected chi connectivity index (χ3v) is 3.13. The van der Waals surface area contributed by atoms with Crippen LogP contribution < -0.4 is 10.6 Å². The van der Waals surface area contributed by atoms with Gasteiger partial charge in [-0.05, 0) is 25.0 Å². The van der Waals surface area contributed by atoms with Crippen LogP contribution in [-0.4, -0.2) is 22.7 Å². The van der Waals surface area contributed by atoms with Crippen molar-refractivity contribution in [1.82, 2.24) is 9.61 Å². The zero-order valence-corrected chi connectivity index (χ0v) is 11.3. The smallest absolute Gasteiger partial charge is 0.174 e. The van der Waals surface area contributed by atoms with Gasteiger partial charge in [0, 0.05) is 19.3 Å². The molecule has 0 aromatic carbocycles. The quantitative estimate of drug-likeness (QED) is 0.852. The molecule has 0 saturated heterocycles. The maximum atomic E-state index is 6.22. The van der Waals surface area contributed by atoms with Crippen molar-refractivity contribution < 1.29 is 0 Å². The number of rotatable bonds is 6. The van der Waals surface area contributed by atoms with E-state index in [2.05, 4.69) is 23.8 Å². The number of nitrogens with two attached hydrogens (primary N) is 1. The van der Waals surface area contributed by atoms with Crippen molar-refractivity contribution in [3.05, 3.63) is 24.4 Å². The van der Waals surface area contributed by atoms with Crippen LogP contribution in [0.15, 0.2) is 24.4 Å². The second kappa shape index (κ2) is 5.76. The Hall–Kier alpha value is -1.71. The topological polar surface area (TPSA) is 46.6 Å². The monoisotopic (exact) mass is 246 g/mol. The van der Waals surface area contributed by atoms with Gasteiger partial charge in [0.15, 0.2) is 5.82 Å². The van der Waals surface area contributed by atoms with Gasteiger partial charge in [0.05, 0.1) is 5.52 Å². The fourth-order valence-electron chi connectivity index (χ4n) is 2.18. The molecule has 0 amide bonds. The van der Waals surface area contributed by atoms with E-state index in [1.165, 1.54) is 12.8 Å². The maximum Gasteiger partial charge on any atom is 0.174 e. The number of nitrogen functional groups attached to an aromatic ring is 1. The van der Waals surface area contributed by atoms with Crippen molar-refractivity contribution in [3.8, 4) is 0 Å². The Morgan fingerprint density at radius 2 is 2.06 bits per heavy atom. The first-order chi connectivity index (χ1) is 8.77. The molecule has 0 radical (unpaired) electrons. The van der Waals surface area contributed by atoms with E-state index in [1.807, 2.05) is 28.9 Å². The van der Waals surface area contributed by atoms with E-state index in [0.29, 0.717) is 0 Å². The van der Waals surface area contributed by atoms with E-state index >= 15 is 0 Å². The molecule has 0 unspecified atom stereocenters. The summed E-state index contributed by atoms with van der Waals surface area (Å²) < 4.78 is 1.86. The standard InChI is InChI=1S/C14H22N4/c1-3-5-10-17(9-4-2)14-13(15)12-8-6-7-11-18(12)16-14/h6-8,11H,3-5,9-10,15H2,1-2H3. The zero-order valence-electron chi connectivity index (χ0n) is 11.3. The lowest BCUT2D eigenvalue weighted by atomic mass is 10.2. The third-order valence-electron chi connectivity index (χ3n) is 3.13. The molecule has 18 heavy (non-hydrogen) atoms. The number of fused-ring (bicyclic) bond motifs is 1. The Morgan fingerprint density at radius 1 is 1.22 bits per heavy atom. The molecule has 0 atom stereocenters. The highest BCUT2D eigenvalue weighted by Crippen LogP contribution is 2.26. The van der Waals surface area contributed by atoms with Gasteiger partial charge in [0.25, 0.3) is 0 Å². The predicted molar refractivity (Wildman–Crippen MR) is 77.0 cm³/mol. The molecule has 0 saturated carbocycles. The van der Waals surface area contributed by atoms with Crippen molar-refractivity contribution in [2.24, 2.45) is 0 Å². The minimum Gasteiger partial charge on any atom is -0.394 e. The molecule has 0 spiro atoms.